The first-order valence-corrected chi connectivity index (χ1v) is 4.93. The molecule has 1 aromatic rings. The van der Waals surface area contributed by atoms with Crippen LogP contribution in [0.1, 0.15) is 26.1 Å². The number of nitrogens with zero attached hydrogens (tertiary/aromatic N) is 2. The lowest BCUT2D eigenvalue weighted by Crippen LogP contribution is -2.10. The van der Waals surface area contributed by atoms with E-state index in [-0.39, 0.29) is 5.97 Å². The zero-order chi connectivity index (χ0) is 10.4. The Bertz CT molecular complexity index is 294. The maximum Gasteiger partial charge on any atom is 0.307 e. The summed E-state index contributed by atoms with van der Waals surface area (Å²) in [7, 11) is 0. The second kappa shape index (κ2) is 5.42. The van der Waals surface area contributed by atoms with Crippen LogP contribution in [0, 0.1) is 0 Å². The van der Waals surface area contributed by atoms with Crippen molar-refractivity contribution < 1.29 is 9.53 Å². The third-order valence-electron chi connectivity index (χ3n) is 1.98. The number of aromatic nitrogens is 2. The molecule has 0 aromatic carbocycles. The standard InChI is InChI=1S/C10H16N2O2/c1-3-9-11-6-8-12(9)7-5-10(13)14-4-2/h6,8H,3-5,7H2,1-2H3. The van der Waals surface area contributed by atoms with Crippen LogP contribution in [-0.4, -0.2) is 22.1 Å². The van der Waals surface area contributed by atoms with Gasteiger partial charge in [-0.15, -0.1) is 0 Å². The molecule has 0 atom stereocenters. The van der Waals surface area contributed by atoms with Crippen molar-refractivity contribution in [3.05, 3.63) is 18.2 Å². The minimum absolute atomic E-state index is 0.150. The van der Waals surface area contributed by atoms with Crippen LogP contribution in [0.25, 0.3) is 0 Å². The van der Waals surface area contributed by atoms with Crippen LogP contribution in [0.5, 0.6) is 0 Å². The van der Waals surface area contributed by atoms with Crippen molar-refractivity contribution in [2.75, 3.05) is 6.61 Å². The highest BCUT2D eigenvalue weighted by Gasteiger charge is 2.04. The molecule has 1 aromatic heterocycles. The number of carbonyl (C=O) groups is 1. The van der Waals surface area contributed by atoms with Gasteiger partial charge in [0.05, 0.1) is 13.0 Å². The lowest BCUT2D eigenvalue weighted by Gasteiger charge is -2.05. The largest absolute Gasteiger partial charge is 0.466 e. The summed E-state index contributed by atoms with van der Waals surface area (Å²) in [5, 5.41) is 0. The van der Waals surface area contributed by atoms with E-state index in [2.05, 4.69) is 4.98 Å². The van der Waals surface area contributed by atoms with Gasteiger partial charge in [0.1, 0.15) is 5.82 Å². The van der Waals surface area contributed by atoms with Gasteiger partial charge in [0, 0.05) is 25.4 Å². The average Bonchev–Trinajstić information content (AvgIpc) is 2.62. The molecule has 0 N–H and O–H groups in total. The number of aryl methyl sites for hydroxylation is 2. The number of rotatable bonds is 5. The summed E-state index contributed by atoms with van der Waals surface area (Å²) in [6, 6.07) is 0. The molecule has 78 valence electrons. The van der Waals surface area contributed by atoms with E-state index in [1.165, 1.54) is 0 Å². The summed E-state index contributed by atoms with van der Waals surface area (Å²) in [6.45, 7) is 4.96. The Morgan fingerprint density at radius 2 is 2.36 bits per heavy atom. The van der Waals surface area contributed by atoms with Gasteiger partial charge in [-0.25, -0.2) is 4.98 Å². The molecule has 0 radical (unpaired) electrons. The molecule has 0 amide bonds. The fraction of sp³-hybridized carbons (Fsp3) is 0.600. The van der Waals surface area contributed by atoms with Crippen LogP contribution in [0.4, 0.5) is 0 Å². The molecule has 1 rings (SSSR count). The molecule has 4 heteroatoms. The summed E-state index contributed by atoms with van der Waals surface area (Å²) in [5.74, 6) is 0.859. The molecule has 0 aliphatic heterocycles. The van der Waals surface area contributed by atoms with Crippen LogP contribution in [0.3, 0.4) is 0 Å². The number of ether oxygens (including phenoxy) is 1. The lowest BCUT2D eigenvalue weighted by molar-refractivity contribution is -0.143. The van der Waals surface area contributed by atoms with Gasteiger partial charge < -0.3 is 9.30 Å². The van der Waals surface area contributed by atoms with E-state index in [9.17, 15) is 4.79 Å². The van der Waals surface area contributed by atoms with Crippen molar-refractivity contribution in [3.63, 3.8) is 0 Å². The average molecular weight is 196 g/mol. The van der Waals surface area contributed by atoms with E-state index >= 15 is 0 Å². The Balaban J connectivity index is 2.41. The maximum absolute atomic E-state index is 11.1. The zero-order valence-electron chi connectivity index (χ0n) is 8.69. The van der Waals surface area contributed by atoms with Crippen LogP contribution in [-0.2, 0) is 22.5 Å². The smallest absolute Gasteiger partial charge is 0.307 e. The Morgan fingerprint density at radius 3 is 3.00 bits per heavy atom. The van der Waals surface area contributed by atoms with Gasteiger partial charge >= 0.3 is 5.97 Å². The van der Waals surface area contributed by atoms with E-state index < -0.39 is 0 Å². The van der Waals surface area contributed by atoms with Gasteiger partial charge in [-0.1, -0.05) is 6.92 Å². The predicted molar refractivity (Wildman–Crippen MR) is 52.9 cm³/mol. The molecule has 14 heavy (non-hydrogen) atoms. The highest BCUT2D eigenvalue weighted by atomic mass is 16.5. The first kappa shape index (κ1) is 10.8. The Morgan fingerprint density at radius 1 is 1.57 bits per heavy atom. The molecule has 0 aliphatic rings. The fourth-order valence-corrected chi connectivity index (χ4v) is 1.30. The first-order chi connectivity index (χ1) is 6.77. The molecule has 0 saturated heterocycles. The van der Waals surface area contributed by atoms with Gasteiger partial charge in [-0.2, -0.15) is 0 Å². The molecule has 4 nitrogen and oxygen atoms in total. The van der Waals surface area contributed by atoms with Crippen molar-refractivity contribution >= 4 is 5.97 Å². The molecule has 0 unspecified atom stereocenters. The van der Waals surface area contributed by atoms with E-state index in [0.717, 1.165) is 12.2 Å². The second-order valence-corrected chi connectivity index (χ2v) is 2.95. The summed E-state index contributed by atoms with van der Waals surface area (Å²) < 4.78 is 6.82. The molecule has 0 fully saturated rings. The Hall–Kier alpha value is -1.32. The molecule has 0 aliphatic carbocycles. The number of carbonyl (C=O) groups excluding carboxylic acids is 1. The fourth-order valence-electron chi connectivity index (χ4n) is 1.30. The number of esters is 1. The Kier molecular flexibility index (Phi) is 4.16. The van der Waals surface area contributed by atoms with E-state index in [1.807, 2.05) is 24.6 Å². The van der Waals surface area contributed by atoms with Crippen LogP contribution < -0.4 is 0 Å². The van der Waals surface area contributed by atoms with Crippen LogP contribution in [0.15, 0.2) is 12.4 Å². The highest BCUT2D eigenvalue weighted by Crippen LogP contribution is 2.00. The highest BCUT2D eigenvalue weighted by molar-refractivity contribution is 5.69. The minimum Gasteiger partial charge on any atom is -0.466 e. The molecule has 1 heterocycles. The Labute approximate surface area is 83.9 Å². The van der Waals surface area contributed by atoms with E-state index in [1.54, 1.807) is 6.20 Å². The van der Waals surface area contributed by atoms with Crippen LogP contribution in [0.2, 0.25) is 0 Å². The number of imidazole rings is 1. The zero-order valence-corrected chi connectivity index (χ0v) is 8.69. The third kappa shape index (κ3) is 2.87. The van der Waals surface area contributed by atoms with Gasteiger partial charge in [-0.05, 0) is 6.92 Å². The van der Waals surface area contributed by atoms with E-state index in [4.69, 9.17) is 4.74 Å². The van der Waals surface area contributed by atoms with Crippen molar-refractivity contribution in [1.82, 2.24) is 9.55 Å². The van der Waals surface area contributed by atoms with E-state index in [0.29, 0.717) is 19.6 Å². The van der Waals surface area contributed by atoms with Gasteiger partial charge in [0.2, 0.25) is 0 Å². The van der Waals surface area contributed by atoms with Gasteiger partial charge in [0.15, 0.2) is 0 Å². The summed E-state index contributed by atoms with van der Waals surface area (Å²) >= 11 is 0. The number of hydrogen-bond donors (Lipinski definition) is 0. The topological polar surface area (TPSA) is 44.1 Å². The second-order valence-electron chi connectivity index (χ2n) is 2.95. The first-order valence-electron chi connectivity index (χ1n) is 4.93. The normalized spacial score (nSPS) is 10.1. The predicted octanol–water partition coefficient (Wildman–Crippen LogP) is 1.40. The number of hydrogen-bond acceptors (Lipinski definition) is 3. The molecule has 0 spiro atoms. The molecular weight excluding hydrogens is 180 g/mol. The quantitative estimate of drug-likeness (QED) is 0.668. The third-order valence-corrected chi connectivity index (χ3v) is 1.98. The van der Waals surface area contributed by atoms with Gasteiger partial charge in [0.25, 0.3) is 0 Å². The minimum atomic E-state index is -0.150. The molecule has 0 saturated carbocycles. The van der Waals surface area contributed by atoms with Crippen molar-refractivity contribution in [2.24, 2.45) is 0 Å². The summed E-state index contributed by atoms with van der Waals surface area (Å²) in [5.41, 5.74) is 0. The van der Waals surface area contributed by atoms with Crippen LogP contribution >= 0.6 is 0 Å². The molecular formula is C10H16N2O2. The summed E-state index contributed by atoms with van der Waals surface area (Å²) in [6.07, 6.45) is 4.94. The van der Waals surface area contributed by atoms with Crippen molar-refractivity contribution in [2.45, 2.75) is 33.2 Å². The lowest BCUT2D eigenvalue weighted by atomic mass is 10.4. The summed E-state index contributed by atoms with van der Waals surface area (Å²) in [4.78, 5) is 15.3. The van der Waals surface area contributed by atoms with Gasteiger partial charge in [-0.3, -0.25) is 4.79 Å². The maximum atomic E-state index is 11.1. The van der Waals surface area contributed by atoms with Crippen molar-refractivity contribution in [1.29, 1.82) is 0 Å². The monoisotopic (exact) mass is 196 g/mol. The SMILES string of the molecule is CCOC(=O)CCn1ccnc1CC. The van der Waals surface area contributed by atoms with Crippen molar-refractivity contribution in [3.8, 4) is 0 Å². The molecule has 0 bridgehead atoms.